The highest BCUT2D eigenvalue weighted by atomic mass is 32.2. The van der Waals surface area contributed by atoms with Gasteiger partial charge in [0.25, 0.3) is 0 Å². The van der Waals surface area contributed by atoms with Gasteiger partial charge in [-0.1, -0.05) is 24.3 Å². The average molecular weight is 373 g/mol. The number of methoxy groups -OCH3 is 1. The first-order chi connectivity index (χ1) is 12.3. The van der Waals surface area contributed by atoms with Crippen molar-refractivity contribution in [3.8, 4) is 0 Å². The number of halogens is 1. The van der Waals surface area contributed by atoms with Crippen LogP contribution < -0.4 is 0 Å². The number of esters is 1. The van der Waals surface area contributed by atoms with Crippen LogP contribution >= 0.6 is 0 Å². The highest BCUT2D eigenvalue weighted by molar-refractivity contribution is 7.90. The quantitative estimate of drug-likeness (QED) is 0.609. The molecular formula is C19H16FNO4S. The van der Waals surface area contributed by atoms with Crippen molar-refractivity contribution in [3.05, 3.63) is 77.4 Å². The molecule has 3 rings (SSSR count). The van der Waals surface area contributed by atoms with Crippen LogP contribution in [0.15, 0.2) is 65.2 Å². The van der Waals surface area contributed by atoms with E-state index >= 15 is 0 Å². The maximum Gasteiger partial charge on any atom is 0.338 e. The zero-order chi connectivity index (χ0) is 18.9. The molecule has 134 valence electrons. The molecule has 1 aromatic carbocycles. The van der Waals surface area contributed by atoms with E-state index in [0.29, 0.717) is 16.7 Å². The van der Waals surface area contributed by atoms with Gasteiger partial charge in [0.2, 0.25) is 5.95 Å². The number of hydrogen-bond donors (Lipinski definition) is 0. The van der Waals surface area contributed by atoms with Crippen molar-refractivity contribution >= 4 is 21.4 Å². The molecule has 0 fully saturated rings. The smallest absolute Gasteiger partial charge is 0.338 e. The number of sulfone groups is 1. The summed E-state index contributed by atoms with van der Waals surface area (Å²) in [5.41, 5.74) is 2.38. The summed E-state index contributed by atoms with van der Waals surface area (Å²) in [5, 5.41) is 0. The van der Waals surface area contributed by atoms with E-state index in [-0.39, 0.29) is 10.8 Å². The van der Waals surface area contributed by atoms with E-state index in [1.807, 2.05) is 6.08 Å². The molecule has 2 aromatic rings. The Kier molecular flexibility index (Phi) is 4.73. The molecule has 1 aliphatic carbocycles. The normalized spacial score (nSPS) is 16.8. The van der Waals surface area contributed by atoms with Gasteiger partial charge in [-0.15, -0.1) is 0 Å². The van der Waals surface area contributed by atoms with E-state index in [0.717, 1.165) is 11.8 Å². The number of benzene rings is 1. The first kappa shape index (κ1) is 18.0. The summed E-state index contributed by atoms with van der Waals surface area (Å²) >= 11 is 0. The Hall–Kier alpha value is -2.80. The van der Waals surface area contributed by atoms with Gasteiger partial charge in [0.1, 0.15) is 0 Å². The lowest BCUT2D eigenvalue weighted by atomic mass is 10.00. The second-order valence-corrected chi connectivity index (χ2v) is 7.90. The largest absolute Gasteiger partial charge is 0.465 e. The van der Waals surface area contributed by atoms with E-state index in [9.17, 15) is 17.6 Å². The first-order valence-corrected chi connectivity index (χ1v) is 9.63. The predicted octanol–water partition coefficient (Wildman–Crippen LogP) is 2.90. The summed E-state index contributed by atoms with van der Waals surface area (Å²) in [4.78, 5) is 16.0. The zero-order valence-electron chi connectivity index (χ0n) is 14.1. The van der Waals surface area contributed by atoms with E-state index in [4.69, 9.17) is 4.74 Å². The van der Waals surface area contributed by atoms with Crippen molar-refractivity contribution in [1.29, 1.82) is 0 Å². The van der Waals surface area contributed by atoms with E-state index in [1.54, 1.807) is 24.3 Å². The van der Waals surface area contributed by atoms with Gasteiger partial charge in [-0.3, -0.25) is 0 Å². The zero-order valence-corrected chi connectivity index (χ0v) is 15.0. The molecular weight excluding hydrogens is 357 g/mol. The molecule has 1 aromatic heterocycles. The number of rotatable bonds is 4. The first-order valence-electron chi connectivity index (χ1n) is 7.74. The van der Waals surface area contributed by atoms with Gasteiger partial charge in [0.05, 0.1) is 17.6 Å². The van der Waals surface area contributed by atoms with Crippen LogP contribution in [-0.4, -0.2) is 32.7 Å². The molecule has 1 aliphatic rings. The third kappa shape index (κ3) is 3.57. The second kappa shape index (κ2) is 6.84. The van der Waals surface area contributed by atoms with Crippen LogP contribution in [0, 0.1) is 5.95 Å². The monoisotopic (exact) mass is 373 g/mol. The van der Waals surface area contributed by atoms with Crippen molar-refractivity contribution in [1.82, 2.24) is 4.98 Å². The van der Waals surface area contributed by atoms with Crippen molar-refractivity contribution in [2.24, 2.45) is 0 Å². The molecule has 0 radical (unpaired) electrons. The van der Waals surface area contributed by atoms with Gasteiger partial charge >= 0.3 is 5.97 Å². The highest BCUT2D eigenvalue weighted by Crippen LogP contribution is 2.37. The number of nitrogens with zero attached hydrogens (tertiary/aromatic N) is 1. The number of carbonyl (C=O) groups excluding carboxylic acids is 1. The van der Waals surface area contributed by atoms with Crippen LogP contribution in [0.3, 0.4) is 0 Å². The Bertz CT molecular complexity index is 1010. The molecule has 7 heteroatoms. The molecule has 1 atom stereocenters. The van der Waals surface area contributed by atoms with E-state index < -0.39 is 21.8 Å². The molecule has 0 bridgehead atoms. The fraction of sp³-hybridized carbons (Fsp3) is 0.158. The Morgan fingerprint density at radius 1 is 1.12 bits per heavy atom. The third-order valence-corrected chi connectivity index (χ3v) is 5.25. The van der Waals surface area contributed by atoms with Crippen LogP contribution in [0.2, 0.25) is 0 Å². The molecule has 0 saturated carbocycles. The van der Waals surface area contributed by atoms with Crippen LogP contribution in [0.25, 0.3) is 5.57 Å². The maximum atomic E-state index is 13.1. The lowest BCUT2D eigenvalue weighted by Crippen LogP contribution is -2.05. The Morgan fingerprint density at radius 3 is 2.35 bits per heavy atom. The minimum Gasteiger partial charge on any atom is -0.465 e. The molecule has 5 nitrogen and oxygen atoms in total. The lowest BCUT2D eigenvalue weighted by Gasteiger charge is -2.07. The van der Waals surface area contributed by atoms with Crippen molar-refractivity contribution < 1.29 is 22.3 Å². The molecule has 0 N–H and O–H groups in total. The summed E-state index contributed by atoms with van der Waals surface area (Å²) in [6, 6.07) is 9.23. The van der Waals surface area contributed by atoms with E-state index in [1.165, 1.54) is 31.5 Å². The summed E-state index contributed by atoms with van der Waals surface area (Å²) in [5.74, 6) is -1.35. The average Bonchev–Trinajstić information content (AvgIpc) is 3.06. The van der Waals surface area contributed by atoms with Gasteiger partial charge in [-0.25, -0.2) is 18.2 Å². The number of ether oxygens (including phenoxy) is 1. The van der Waals surface area contributed by atoms with Crippen molar-refractivity contribution in [2.45, 2.75) is 10.8 Å². The molecule has 0 aliphatic heterocycles. The minimum atomic E-state index is -3.28. The standard InChI is InChI=1S/C19H16FNO4S/c1-25-19(22)17-10-14(9-16(17)13-5-8-18(20)21-11-13)12-3-6-15(7-4-12)26(2,23)24/h3-11,14H,1-2H3. The van der Waals surface area contributed by atoms with Crippen LogP contribution in [0.4, 0.5) is 4.39 Å². The number of allylic oxidation sites excluding steroid dienone is 2. The molecule has 0 saturated heterocycles. The Morgan fingerprint density at radius 2 is 1.81 bits per heavy atom. The summed E-state index contributed by atoms with van der Waals surface area (Å²) < 4.78 is 41.1. The number of carbonyl (C=O) groups is 1. The number of hydrogen-bond acceptors (Lipinski definition) is 5. The van der Waals surface area contributed by atoms with Crippen LogP contribution in [0.1, 0.15) is 17.0 Å². The van der Waals surface area contributed by atoms with Crippen molar-refractivity contribution in [2.75, 3.05) is 13.4 Å². The van der Waals surface area contributed by atoms with Crippen LogP contribution in [-0.2, 0) is 19.4 Å². The Labute approximate surface area is 150 Å². The van der Waals surface area contributed by atoms with Gasteiger partial charge in [0, 0.05) is 23.9 Å². The topological polar surface area (TPSA) is 73.3 Å². The highest BCUT2D eigenvalue weighted by Gasteiger charge is 2.26. The predicted molar refractivity (Wildman–Crippen MR) is 94.6 cm³/mol. The second-order valence-electron chi connectivity index (χ2n) is 5.89. The molecule has 0 spiro atoms. The number of aromatic nitrogens is 1. The fourth-order valence-corrected chi connectivity index (χ4v) is 3.42. The summed E-state index contributed by atoms with van der Waals surface area (Å²) in [6.07, 6.45) is 6.08. The SMILES string of the molecule is COC(=O)C1=CC(c2ccc(S(C)(=O)=O)cc2)C=C1c1ccc(F)nc1. The van der Waals surface area contributed by atoms with Gasteiger partial charge < -0.3 is 4.74 Å². The maximum absolute atomic E-state index is 13.1. The molecule has 26 heavy (non-hydrogen) atoms. The summed E-state index contributed by atoms with van der Waals surface area (Å²) in [7, 11) is -1.99. The van der Waals surface area contributed by atoms with Gasteiger partial charge in [0.15, 0.2) is 9.84 Å². The molecule has 1 heterocycles. The lowest BCUT2D eigenvalue weighted by molar-refractivity contribution is -0.135. The van der Waals surface area contributed by atoms with Crippen LogP contribution in [0.5, 0.6) is 0 Å². The fourth-order valence-electron chi connectivity index (χ4n) is 2.79. The molecule has 1 unspecified atom stereocenters. The number of pyridine rings is 1. The minimum absolute atomic E-state index is 0.225. The van der Waals surface area contributed by atoms with E-state index in [2.05, 4.69) is 4.98 Å². The van der Waals surface area contributed by atoms with Crippen molar-refractivity contribution in [3.63, 3.8) is 0 Å². The van der Waals surface area contributed by atoms with Gasteiger partial charge in [-0.2, -0.15) is 4.39 Å². The third-order valence-electron chi connectivity index (χ3n) is 4.12. The van der Waals surface area contributed by atoms with Gasteiger partial charge in [-0.05, 0) is 35.4 Å². The molecule has 0 amide bonds. The Balaban J connectivity index is 2.01. The summed E-state index contributed by atoms with van der Waals surface area (Å²) in [6.45, 7) is 0.